The van der Waals surface area contributed by atoms with Gasteiger partial charge in [-0.05, 0) is 42.9 Å². The van der Waals surface area contributed by atoms with Crippen LogP contribution in [0.2, 0.25) is 0 Å². The van der Waals surface area contributed by atoms with E-state index < -0.39 is 0 Å². The smallest absolute Gasteiger partial charge is 0.295 e. The molecular weight excluding hydrogens is 250 g/mol. The highest BCUT2D eigenvalue weighted by molar-refractivity contribution is 5.78. The second-order valence-corrected chi connectivity index (χ2v) is 6.10. The van der Waals surface area contributed by atoms with Crippen LogP contribution >= 0.6 is 0 Å². The number of rotatable bonds is 4. The normalized spacial score (nSPS) is 23.1. The molecule has 1 aliphatic carbocycles. The van der Waals surface area contributed by atoms with Gasteiger partial charge in [0.05, 0.1) is 0 Å². The lowest BCUT2D eigenvalue weighted by Gasteiger charge is -2.26. The van der Waals surface area contributed by atoms with Crippen molar-refractivity contribution in [3.63, 3.8) is 0 Å². The SMILES string of the molecule is CC1CCCC(CCNc2nc3cc(N)ccc3o2)C1. The highest BCUT2D eigenvalue weighted by atomic mass is 16.4. The van der Waals surface area contributed by atoms with Crippen molar-refractivity contribution in [2.75, 3.05) is 17.6 Å². The summed E-state index contributed by atoms with van der Waals surface area (Å²) in [6.45, 7) is 3.30. The molecule has 1 aromatic carbocycles. The number of benzene rings is 1. The summed E-state index contributed by atoms with van der Waals surface area (Å²) in [6.07, 6.45) is 6.72. The summed E-state index contributed by atoms with van der Waals surface area (Å²) in [5, 5.41) is 3.30. The number of nitrogen functional groups attached to an aromatic ring is 1. The summed E-state index contributed by atoms with van der Waals surface area (Å²) >= 11 is 0. The average Bonchev–Trinajstić information content (AvgIpc) is 2.80. The summed E-state index contributed by atoms with van der Waals surface area (Å²) in [4.78, 5) is 4.41. The molecule has 108 valence electrons. The monoisotopic (exact) mass is 273 g/mol. The molecule has 2 aromatic rings. The van der Waals surface area contributed by atoms with Crippen LogP contribution < -0.4 is 11.1 Å². The molecule has 20 heavy (non-hydrogen) atoms. The first-order chi connectivity index (χ1) is 9.70. The van der Waals surface area contributed by atoms with Gasteiger partial charge in [-0.15, -0.1) is 0 Å². The van der Waals surface area contributed by atoms with Crippen LogP contribution in [0.5, 0.6) is 0 Å². The number of anilines is 2. The Morgan fingerprint density at radius 2 is 2.30 bits per heavy atom. The minimum atomic E-state index is 0.606. The van der Waals surface area contributed by atoms with Crippen molar-refractivity contribution in [2.24, 2.45) is 11.8 Å². The van der Waals surface area contributed by atoms with Crippen molar-refractivity contribution in [1.82, 2.24) is 4.98 Å². The lowest BCUT2D eigenvalue weighted by atomic mass is 9.81. The van der Waals surface area contributed by atoms with E-state index in [9.17, 15) is 0 Å². The van der Waals surface area contributed by atoms with Gasteiger partial charge in [-0.3, -0.25) is 0 Å². The molecule has 0 saturated heterocycles. The van der Waals surface area contributed by atoms with Gasteiger partial charge in [0.2, 0.25) is 0 Å². The molecule has 1 saturated carbocycles. The van der Waals surface area contributed by atoms with Gasteiger partial charge in [-0.25, -0.2) is 0 Å². The topological polar surface area (TPSA) is 64.1 Å². The molecule has 0 spiro atoms. The van der Waals surface area contributed by atoms with Gasteiger partial charge in [0.1, 0.15) is 5.52 Å². The highest BCUT2D eigenvalue weighted by Gasteiger charge is 2.18. The predicted molar refractivity (Wildman–Crippen MR) is 82.7 cm³/mol. The molecule has 2 atom stereocenters. The number of hydrogen-bond donors (Lipinski definition) is 2. The van der Waals surface area contributed by atoms with Crippen molar-refractivity contribution in [3.05, 3.63) is 18.2 Å². The Hall–Kier alpha value is -1.71. The lowest BCUT2D eigenvalue weighted by molar-refractivity contribution is 0.274. The maximum atomic E-state index is 5.74. The third-order valence-corrected chi connectivity index (χ3v) is 4.29. The molecule has 4 heteroatoms. The number of nitrogens with zero attached hydrogens (tertiary/aromatic N) is 1. The molecule has 3 N–H and O–H groups in total. The Kier molecular flexibility index (Phi) is 3.81. The zero-order valence-electron chi connectivity index (χ0n) is 12.1. The van der Waals surface area contributed by atoms with E-state index in [-0.39, 0.29) is 0 Å². The maximum absolute atomic E-state index is 5.74. The van der Waals surface area contributed by atoms with Crippen LogP contribution in [0.15, 0.2) is 22.6 Å². The van der Waals surface area contributed by atoms with Gasteiger partial charge in [-0.2, -0.15) is 4.98 Å². The van der Waals surface area contributed by atoms with Crippen molar-refractivity contribution in [2.45, 2.75) is 39.0 Å². The van der Waals surface area contributed by atoms with E-state index in [1.807, 2.05) is 18.2 Å². The van der Waals surface area contributed by atoms with E-state index in [4.69, 9.17) is 10.2 Å². The van der Waals surface area contributed by atoms with Crippen LogP contribution in [0.3, 0.4) is 0 Å². The fourth-order valence-electron chi connectivity index (χ4n) is 3.23. The van der Waals surface area contributed by atoms with Gasteiger partial charge in [0, 0.05) is 12.2 Å². The molecule has 0 amide bonds. The third-order valence-electron chi connectivity index (χ3n) is 4.29. The standard InChI is InChI=1S/C16H23N3O/c1-11-3-2-4-12(9-11)7-8-18-16-19-14-10-13(17)5-6-15(14)20-16/h5-6,10-12H,2-4,7-9,17H2,1H3,(H,18,19). The molecule has 4 nitrogen and oxygen atoms in total. The summed E-state index contributed by atoms with van der Waals surface area (Å²) in [7, 11) is 0. The van der Waals surface area contributed by atoms with Crippen LogP contribution in [-0.4, -0.2) is 11.5 Å². The fourth-order valence-corrected chi connectivity index (χ4v) is 3.23. The van der Waals surface area contributed by atoms with Crippen molar-refractivity contribution in [1.29, 1.82) is 0 Å². The molecule has 1 aliphatic rings. The summed E-state index contributed by atoms with van der Waals surface area (Å²) in [5.74, 6) is 1.74. The second-order valence-electron chi connectivity index (χ2n) is 6.10. The first-order valence-electron chi connectivity index (χ1n) is 7.60. The molecule has 2 unspecified atom stereocenters. The average molecular weight is 273 g/mol. The molecular formula is C16H23N3O. The minimum absolute atomic E-state index is 0.606. The van der Waals surface area contributed by atoms with Crippen LogP contribution in [0.4, 0.5) is 11.7 Å². The summed E-state index contributed by atoms with van der Waals surface area (Å²) in [5.41, 5.74) is 8.06. The fraction of sp³-hybridized carbons (Fsp3) is 0.562. The molecule has 3 rings (SSSR count). The minimum Gasteiger partial charge on any atom is -0.424 e. The van der Waals surface area contributed by atoms with E-state index in [2.05, 4.69) is 17.2 Å². The van der Waals surface area contributed by atoms with Crippen LogP contribution in [0.25, 0.3) is 11.1 Å². The first-order valence-corrected chi connectivity index (χ1v) is 7.60. The van der Waals surface area contributed by atoms with Crippen molar-refractivity contribution < 1.29 is 4.42 Å². The van der Waals surface area contributed by atoms with E-state index >= 15 is 0 Å². The number of nitrogens with two attached hydrogens (primary N) is 1. The summed E-state index contributed by atoms with van der Waals surface area (Å²) in [6, 6.07) is 6.15. The van der Waals surface area contributed by atoms with Gasteiger partial charge in [0.25, 0.3) is 6.01 Å². The third kappa shape index (κ3) is 3.06. The van der Waals surface area contributed by atoms with Crippen LogP contribution in [0, 0.1) is 11.8 Å². The Balaban J connectivity index is 1.54. The first kappa shape index (κ1) is 13.3. The second kappa shape index (κ2) is 5.73. The maximum Gasteiger partial charge on any atom is 0.295 e. The van der Waals surface area contributed by atoms with Gasteiger partial charge >= 0.3 is 0 Å². The van der Waals surface area contributed by atoms with Crippen molar-refractivity contribution >= 4 is 22.8 Å². The Labute approximate surface area is 119 Å². The number of fused-ring (bicyclic) bond motifs is 1. The quantitative estimate of drug-likeness (QED) is 0.825. The van der Waals surface area contributed by atoms with E-state index in [1.54, 1.807) is 0 Å². The van der Waals surface area contributed by atoms with E-state index in [0.29, 0.717) is 11.7 Å². The molecule has 0 radical (unpaired) electrons. The predicted octanol–water partition coefficient (Wildman–Crippen LogP) is 4.04. The number of nitrogens with one attached hydrogen (secondary N) is 1. The Morgan fingerprint density at radius 3 is 3.15 bits per heavy atom. The molecule has 0 aliphatic heterocycles. The Morgan fingerprint density at radius 1 is 1.40 bits per heavy atom. The van der Waals surface area contributed by atoms with E-state index in [0.717, 1.165) is 29.5 Å². The van der Waals surface area contributed by atoms with E-state index in [1.165, 1.54) is 32.1 Å². The van der Waals surface area contributed by atoms with Gasteiger partial charge < -0.3 is 15.5 Å². The summed E-state index contributed by atoms with van der Waals surface area (Å²) < 4.78 is 5.66. The Bertz CT molecular complexity index is 578. The number of aromatic nitrogens is 1. The van der Waals surface area contributed by atoms with Crippen LogP contribution in [0.1, 0.15) is 39.0 Å². The lowest BCUT2D eigenvalue weighted by Crippen LogP contribution is -2.16. The molecule has 0 bridgehead atoms. The largest absolute Gasteiger partial charge is 0.424 e. The van der Waals surface area contributed by atoms with Crippen molar-refractivity contribution in [3.8, 4) is 0 Å². The van der Waals surface area contributed by atoms with Gasteiger partial charge in [0.15, 0.2) is 5.58 Å². The van der Waals surface area contributed by atoms with Crippen LogP contribution in [-0.2, 0) is 0 Å². The highest BCUT2D eigenvalue weighted by Crippen LogP contribution is 2.30. The molecule has 1 aromatic heterocycles. The molecule has 1 fully saturated rings. The van der Waals surface area contributed by atoms with Gasteiger partial charge in [-0.1, -0.05) is 26.2 Å². The number of oxazole rings is 1. The zero-order chi connectivity index (χ0) is 13.9. The molecule has 1 heterocycles. The zero-order valence-corrected chi connectivity index (χ0v) is 12.1. The number of hydrogen-bond acceptors (Lipinski definition) is 4.